The average molecular weight is 756 g/mol. The number of carbonyl (C=O) groups is 7. The number of nitrogens with zero attached hydrogens (tertiary/aromatic N) is 1. The molecule has 2 heterocycles. The number of benzene rings is 1. The van der Waals surface area contributed by atoms with Crippen molar-refractivity contribution in [3.63, 3.8) is 0 Å². The number of aromatic nitrogens is 1. The molecule has 54 heavy (non-hydrogen) atoms. The molecule has 1 fully saturated rings. The molecule has 1 aliphatic rings. The minimum atomic E-state index is -1.11. The number of nitrogens with two attached hydrogens (primary N) is 2. The van der Waals surface area contributed by atoms with Crippen LogP contribution in [0.4, 0.5) is 0 Å². The summed E-state index contributed by atoms with van der Waals surface area (Å²) in [6, 6.07) is 2.62. The Morgan fingerprint density at radius 3 is 2.26 bits per heavy atom. The van der Waals surface area contributed by atoms with Gasteiger partial charge in [-0.25, -0.2) is 4.79 Å². The molecule has 1 aromatic heterocycles. The number of carboxylic acid groups (broad SMARTS) is 1. The third-order valence-corrected chi connectivity index (χ3v) is 9.34. The first-order valence-corrected chi connectivity index (χ1v) is 18.6. The van der Waals surface area contributed by atoms with Crippen LogP contribution in [0.5, 0.6) is 0 Å². The molecular weight excluding hydrogens is 698 g/mol. The molecule has 0 unspecified atom stereocenters. The molecule has 17 nitrogen and oxygen atoms in total. The summed E-state index contributed by atoms with van der Waals surface area (Å²) in [6.07, 6.45) is 4.44. The standard InChI is InChI=1S/C37H57N9O8/c1-21(2)16-28(44-33(49)25(39)17-23-18-40-26-11-6-5-10-24(23)26)35(51)45-32(22(3)4)36(52)43-27(12-7-8-14-38)34(50)42-19-30(47)41-20-31(48)46-15-9-13-29(46)37(53)54/h5-6,10-11,18,21-22,25,27-29,32,40H,7-9,12-17,19-20,38-39H2,1-4H3,(H,41,47)(H,42,50)(H,43,52)(H,44,49)(H,45,51)(H,53,54)/t25-,27-,28-,29-,32-/m0/s1. The van der Waals surface area contributed by atoms with Crippen molar-refractivity contribution in [1.82, 2.24) is 36.5 Å². The van der Waals surface area contributed by atoms with Crippen molar-refractivity contribution in [1.29, 1.82) is 0 Å². The van der Waals surface area contributed by atoms with Crippen molar-refractivity contribution in [2.45, 2.75) is 103 Å². The fourth-order valence-electron chi connectivity index (χ4n) is 6.37. The lowest BCUT2D eigenvalue weighted by atomic mass is 9.98. The number of aliphatic carboxylic acids is 1. The topological polar surface area (TPSA) is 271 Å². The van der Waals surface area contributed by atoms with E-state index in [9.17, 15) is 38.7 Å². The molecule has 0 spiro atoms. The van der Waals surface area contributed by atoms with Gasteiger partial charge in [-0.1, -0.05) is 45.9 Å². The second-order valence-corrected chi connectivity index (χ2v) is 14.5. The van der Waals surface area contributed by atoms with Crippen molar-refractivity contribution in [2.75, 3.05) is 26.2 Å². The predicted molar refractivity (Wildman–Crippen MR) is 201 cm³/mol. The summed E-state index contributed by atoms with van der Waals surface area (Å²) in [4.78, 5) is 94.5. The van der Waals surface area contributed by atoms with Crippen LogP contribution in [0, 0.1) is 11.8 Å². The Hall–Kier alpha value is -5.03. The molecule has 298 valence electrons. The van der Waals surface area contributed by atoms with Gasteiger partial charge >= 0.3 is 5.97 Å². The van der Waals surface area contributed by atoms with Crippen molar-refractivity contribution >= 4 is 52.3 Å². The maximum absolute atomic E-state index is 13.7. The first kappa shape index (κ1) is 43.4. The summed E-state index contributed by atoms with van der Waals surface area (Å²) in [5.41, 5.74) is 13.7. The Labute approximate surface area is 315 Å². The van der Waals surface area contributed by atoms with Crippen LogP contribution in [0.3, 0.4) is 0 Å². The number of hydrogen-bond acceptors (Lipinski definition) is 9. The number of para-hydroxylation sites is 1. The monoisotopic (exact) mass is 755 g/mol. The van der Waals surface area contributed by atoms with Gasteiger partial charge in [0.25, 0.3) is 0 Å². The number of likely N-dealkylation sites (tertiary alicyclic amines) is 1. The van der Waals surface area contributed by atoms with E-state index in [4.69, 9.17) is 11.5 Å². The maximum Gasteiger partial charge on any atom is 0.326 e. The first-order valence-electron chi connectivity index (χ1n) is 18.6. The fourth-order valence-corrected chi connectivity index (χ4v) is 6.37. The van der Waals surface area contributed by atoms with E-state index >= 15 is 0 Å². The molecule has 6 amide bonds. The molecule has 3 rings (SSSR count). The van der Waals surface area contributed by atoms with E-state index in [0.29, 0.717) is 32.2 Å². The number of amides is 6. The van der Waals surface area contributed by atoms with Crippen LogP contribution in [0.15, 0.2) is 30.5 Å². The van der Waals surface area contributed by atoms with Crippen molar-refractivity contribution in [3.05, 3.63) is 36.0 Å². The highest BCUT2D eigenvalue weighted by atomic mass is 16.4. The van der Waals surface area contributed by atoms with Gasteiger partial charge in [-0.2, -0.15) is 0 Å². The molecule has 1 aromatic carbocycles. The van der Waals surface area contributed by atoms with Crippen molar-refractivity contribution in [3.8, 4) is 0 Å². The molecular formula is C37H57N9O8. The van der Waals surface area contributed by atoms with Crippen molar-refractivity contribution < 1.29 is 38.7 Å². The van der Waals surface area contributed by atoms with Crippen LogP contribution < -0.4 is 38.1 Å². The van der Waals surface area contributed by atoms with Crippen LogP contribution in [0.2, 0.25) is 0 Å². The Morgan fingerprint density at radius 1 is 0.889 bits per heavy atom. The van der Waals surface area contributed by atoms with Crippen LogP contribution in [0.25, 0.3) is 10.9 Å². The largest absolute Gasteiger partial charge is 0.480 e. The lowest BCUT2D eigenvalue weighted by Gasteiger charge is -2.28. The highest BCUT2D eigenvalue weighted by molar-refractivity contribution is 5.96. The molecule has 0 aliphatic carbocycles. The smallest absolute Gasteiger partial charge is 0.326 e. The number of nitrogens with one attached hydrogen (secondary N) is 6. The van der Waals surface area contributed by atoms with Crippen LogP contribution in [-0.4, -0.2) is 113 Å². The second kappa shape index (κ2) is 21.0. The molecule has 0 radical (unpaired) electrons. The van der Waals surface area contributed by atoms with Gasteiger partial charge in [0.15, 0.2) is 0 Å². The van der Waals surface area contributed by atoms with Crippen LogP contribution in [0.1, 0.15) is 71.8 Å². The van der Waals surface area contributed by atoms with Gasteiger partial charge in [0.1, 0.15) is 24.2 Å². The molecule has 0 saturated carbocycles. The highest BCUT2D eigenvalue weighted by Gasteiger charge is 2.35. The first-order chi connectivity index (χ1) is 25.6. The quantitative estimate of drug-likeness (QED) is 0.0746. The molecule has 0 bridgehead atoms. The fraction of sp³-hybridized carbons (Fsp3) is 0.595. The van der Waals surface area contributed by atoms with Crippen LogP contribution >= 0.6 is 0 Å². The van der Waals surface area contributed by atoms with Gasteiger partial charge in [-0.05, 0) is 75.0 Å². The summed E-state index contributed by atoms with van der Waals surface area (Å²) in [5, 5.41) is 23.4. The van der Waals surface area contributed by atoms with Gasteiger partial charge < -0.3 is 53.0 Å². The number of H-pyrrole nitrogens is 1. The number of carboxylic acids is 1. The normalized spacial score (nSPS) is 16.4. The molecule has 11 N–H and O–H groups in total. The van der Waals surface area contributed by atoms with Gasteiger partial charge in [-0.15, -0.1) is 0 Å². The van der Waals surface area contributed by atoms with Crippen LogP contribution in [-0.2, 0) is 40.0 Å². The number of carbonyl (C=O) groups excluding carboxylic acids is 6. The number of fused-ring (bicyclic) bond motifs is 1. The summed E-state index contributed by atoms with van der Waals surface area (Å²) in [6.45, 7) is 6.96. The van der Waals surface area contributed by atoms with Crippen molar-refractivity contribution in [2.24, 2.45) is 23.3 Å². The predicted octanol–water partition coefficient (Wildman–Crippen LogP) is -0.369. The molecule has 1 saturated heterocycles. The molecule has 2 aromatic rings. The average Bonchev–Trinajstić information content (AvgIpc) is 3.79. The SMILES string of the molecule is CC(C)C[C@H](NC(=O)[C@@H](N)Cc1c[nH]c2ccccc12)C(=O)N[C@H](C(=O)N[C@@H](CCCCN)C(=O)NCC(=O)NCC(=O)N1CCC[C@H]1C(=O)O)C(C)C. The molecule has 17 heteroatoms. The zero-order valence-electron chi connectivity index (χ0n) is 31.6. The van der Waals surface area contributed by atoms with E-state index in [1.54, 1.807) is 20.0 Å². The third-order valence-electron chi connectivity index (χ3n) is 9.34. The number of aromatic amines is 1. The summed E-state index contributed by atoms with van der Waals surface area (Å²) >= 11 is 0. The molecule has 5 atom stereocenters. The minimum absolute atomic E-state index is 0.00466. The van der Waals surface area contributed by atoms with E-state index in [2.05, 4.69) is 31.6 Å². The Balaban J connectivity index is 1.61. The lowest BCUT2D eigenvalue weighted by Crippen LogP contribution is -2.59. The number of hydrogen-bond donors (Lipinski definition) is 9. The maximum atomic E-state index is 13.7. The summed E-state index contributed by atoms with van der Waals surface area (Å²) in [7, 11) is 0. The second-order valence-electron chi connectivity index (χ2n) is 14.5. The minimum Gasteiger partial charge on any atom is -0.480 e. The van der Waals surface area contributed by atoms with Gasteiger partial charge in [-0.3, -0.25) is 28.8 Å². The van der Waals surface area contributed by atoms with Gasteiger partial charge in [0.05, 0.1) is 19.1 Å². The van der Waals surface area contributed by atoms with Gasteiger partial charge in [0, 0.05) is 23.6 Å². The summed E-state index contributed by atoms with van der Waals surface area (Å²) in [5.74, 6) is -5.13. The van der Waals surface area contributed by atoms with Gasteiger partial charge in [0.2, 0.25) is 35.4 Å². The summed E-state index contributed by atoms with van der Waals surface area (Å²) < 4.78 is 0. The highest BCUT2D eigenvalue weighted by Crippen LogP contribution is 2.19. The molecule has 1 aliphatic heterocycles. The lowest BCUT2D eigenvalue weighted by molar-refractivity contribution is -0.148. The Bertz CT molecular complexity index is 1630. The van der Waals surface area contributed by atoms with E-state index in [1.165, 1.54) is 4.90 Å². The zero-order valence-corrected chi connectivity index (χ0v) is 31.6. The third kappa shape index (κ3) is 12.8. The number of unbranched alkanes of at least 4 members (excludes halogenated alkanes) is 1. The number of rotatable bonds is 21. The van der Waals surface area contributed by atoms with E-state index in [1.807, 2.05) is 38.1 Å². The van der Waals surface area contributed by atoms with E-state index in [-0.39, 0.29) is 31.7 Å². The zero-order chi connectivity index (χ0) is 39.9. The Kier molecular flexibility index (Phi) is 16.9. The Morgan fingerprint density at radius 2 is 1.59 bits per heavy atom. The van der Waals surface area contributed by atoms with E-state index < -0.39 is 90.6 Å². The van der Waals surface area contributed by atoms with E-state index in [0.717, 1.165) is 16.5 Å².